The first-order valence-corrected chi connectivity index (χ1v) is 8.43. The zero-order valence-electron chi connectivity index (χ0n) is 12.3. The lowest BCUT2D eigenvalue weighted by atomic mass is 9.89. The van der Waals surface area contributed by atoms with Gasteiger partial charge in [0.15, 0.2) is 0 Å². The molecule has 0 bridgehead atoms. The Morgan fingerprint density at radius 1 is 1.43 bits per heavy atom. The number of rotatable bonds is 4. The zero-order chi connectivity index (χ0) is 15.7. The largest absolute Gasteiger partial charge is 0.398 e. The molecule has 0 radical (unpaired) electrons. The zero-order valence-corrected chi connectivity index (χ0v) is 13.1. The molecule has 1 atom stereocenters. The molecule has 0 aliphatic carbocycles. The number of carbonyl (C=O) groups is 1. The highest BCUT2D eigenvalue weighted by atomic mass is 32.2. The molecule has 1 aliphatic rings. The molecule has 0 spiro atoms. The quantitative estimate of drug-likeness (QED) is 0.795. The summed E-state index contributed by atoms with van der Waals surface area (Å²) in [7, 11) is -1.91. The molecule has 21 heavy (non-hydrogen) atoms. The number of carbonyl (C=O) groups excluding carboxylic acids is 1. The maximum Gasteiger partial charge on any atom is 0.227 e. The highest BCUT2D eigenvalue weighted by Gasteiger charge is 2.43. The van der Waals surface area contributed by atoms with Gasteiger partial charge in [0.05, 0.1) is 11.2 Å². The van der Waals surface area contributed by atoms with Gasteiger partial charge < -0.3 is 11.1 Å². The van der Waals surface area contributed by atoms with Gasteiger partial charge >= 0.3 is 0 Å². The fraction of sp³-hybridized carbons (Fsp3) is 0.500. The number of nitrogens with one attached hydrogen (secondary N) is 1. The Kier molecular flexibility index (Phi) is 4.25. The molecule has 6 nitrogen and oxygen atoms in total. The smallest absolute Gasteiger partial charge is 0.227 e. The number of nitrogen functional groups attached to an aromatic ring is 1. The molecule has 7 heteroatoms. The van der Waals surface area contributed by atoms with E-state index in [2.05, 4.69) is 5.32 Å². The highest BCUT2D eigenvalue weighted by molar-refractivity contribution is 7.88. The van der Waals surface area contributed by atoms with Crippen LogP contribution in [0, 0.1) is 5.41 Å². The topological polar surface area (TPSA) is 92.5 Å². The van der Waals surface area contributed by atoms with E-state index in [-0.39, 0.29) is 18.2 Å². The molecular formula is C14H21N3O3S. The van der Waals surface area contributed by atoms with Gasteiger partial charge in [-0.15, -0.1) is 0 Å². The van der Waals surface area contributed by atoms with Crippen molar-refractivity contribution in [2.45, 2.75) is 19.1 Å². The normalized spacial score (nSPS) is 23.1. The molecule has 1 saturated heterocycles. The predicted octanol–water partition coefficient (Wildman–Crippen LogP) is 0.557. The van der Waals surface area contributed by atoms with Crippen molar-refractivity contribution in [3.05, 3.63) is 29.8 Å². The summed E-state index contributed by atoms with van der Waals surface area (Å²) in [4.78, 5) is 11.9. The first kappa shape index (κ1) is 15.8. The van der Waals surface area contributed by atoms with Crippen molar-refractivity contribution in [3.8, 4) is 0 Å². The average Bonchev–Trinajstić information content (AvgIpc) is 2.85. The molecule has 1 heterocycles. The minimum atomic E-state index is -3.48. The van der Waals surface area contributed by atoms with E-state index in [0.29, 0.717) is 24.2 Å². The van der Waals surface area contributed by atoms with Crippen LogP contribution in [-0.2, 0) is 20.6 Å². The van der Waals surface area contributed by atoms with Crippen molar-refractivity contribution in [1.82, 2.24) is 9.62 Å². The van der Waals surface area contributed by atoms with Crippen LogP contribution in [0.25, 0.3) is 0 Å². The van der Waals surface area contributed by atoms with Gasteiger partial charge in [0, 0.05) is 25.8 Å². The third-order valence-electron chi connectivity index (χ3n) is 4.00. The number of nitrogens with two attached hydrogens (primary N) is 1. The Balaban J connectivity index is 2.15. The van der Waals surface area contributed by atoms with Gasteiger partial charge in [-0.3, -0.25) is 4.79 Å². The second-order valence-electron chi connectivity index (χ2n) is 5.68. The van der Waals surface area contributed by atoms with E-state index >= 15 is 0 Å². The lowest BCUT2D eigenvalue weighted by Crippen LogP contribution is -2.40. The van der Waals surface area contributed by atoms with Crippen LogP contribution < -0.4 is 11.1 Å². The Bertz CT molecular complexity index is 645. The van der Waals surface area contributed by atoms with Crippen molar-refractivity contribution in [3.63, 3.8) is 0 Å². The Labute approximate surface area is 125 Å². The lowest BCUT2D eigenvalue weighted by Gasteiger charge is -2.22. The molecule has 0 aromatic heterocycles. The molecular weight excluding hydrogens is 290 g/mol. The van der Waals surface area contributed by atoms with Crippen molar-refractivity contribution in [2.75, 3.05) is 25.9 Å². The van der Waals surface area contributed by atoms with Crippen LogP contribution in [-0.4, -0.2) is 38.8 Å². The van der Waals surface area contributed by atoms with Crippen molar-refractivity contribution in [1.29, 1.82) is 0 Å². The minimum Gasteiger partial charge on any atom is -0.398 e. The summed E-state index contributed by atoms with van der Waals surface area (Å²) < 4.78 is 26.4. The molecule has 1 aromatic carbocycles. The highest BCUT2D eigenvalue weighted by Crippen LogP contribution is 2.32. The molecule has 1 aliphatic heterocycles. The molecule has 116 valence electrons. The molecule has 0 saturated carbocycles. The van der Waals surface area contributed by atoms with E-state index in [1.54, 1.807) is 38.2 Å². The maximum absolute atomic E-state index is 12.5. The monoisotopic (exact) mass is 311 g/mol. The van der Waals surface area contributed by atoms with Crippen LogP contribution >= 0.6 is 0 Å². The second kappa shape index (κ2) is 5.65. The average molecular weight is 311 g/mol. The number of anilines is 1. The van der Waals surface area contributed by atoms with Crippen molar-refractivity contribution >= 4 is 21.6 Å². The summed E-state index contributed by atoms with van der Waals surface area (Å²) in [5.74, 6) is -0.261. The first-order chi connectivity index (χ1) is 9.78. The van der Waals surface area contributed by atoms with Crippen molar-refractivity contribution < 1.29 is 13.2 Å². The molecule has 2 rings (SSSR count). The van der Waals surface area contributed by atoms with Gasteiger partial charge in [-0.2, -0.15) is 0 Å². The van der Waals surface area contributed by atoms with Gasteiger partial charge in [0.2, 0.25) is 15.9 Å². The summed E-state index contributed by atoms with van der Waals surface area (Å²) in [6, 6.07) is 6.92. The fourth-order valence-electron chi connectivity index (χ4n) is 2.60. The van der Waals surface area contributed by atoms with E-state index in [9.17, 15) is 13.2 Å². The lowest BCUT2D eigenvalue weighted by molar-refractivity contribution is -0.128. The summed E-state index contributed by atoms with van der Waals surface area (Å²) in [6.45, 7) is 2.36. The minimum absolute atomic E-state index is 0.126. The second-order valence-corrected chi connectivity index (χ2v) is 7.65. The maximum atomic E-state index is 12.5. The van der Waals surface area contributed by atoms with E-state index < -0.39 is 15.4 Å². The predicted molar refractivity (Wildman–Crippen MR) is 81.8 cm³/mol. The molecule has 1 unspecified atom stereocenters. The van der Waals surface area contributed by atoms with Gasteiger partial charge in [0.25, 0.3) is 0 Å². The summed E-state index contributed by atoms with van der Waals surface area (Å²) >= 11 is 0. The fourth-order valence-corrected chi connectivity index (χ4v) is 4.29. The Morgan fingerprint density at radius 3 is 2.71 bits per heavy atom. The van der Waals surface area contributed by atoms with E-state index in [1.165, 1.54) is 4.31 Å². The van der Waals surface area contributed by atoms with Gasteiger partial charge in [-0.1, -0.05) is 18.2 Å². The third kappa shape index (κ3) is 3.19. The number of hydrogen-bond donors (Lipinski definition) is 2. The van der Waals surface area contributed by atoms with Gasteiger partial charge in [-0.25, -0.2) is 12.7 Å². The van der Waals surface area contributed by atoms with Crippen molar-refractivity contribution in [2.24, 2.45) is 5.41 Å². The SMILES string of the molecule is CNC(=O)C1(C)CCN(S(=O)(=O)Cc2ccccc2N)C1. The number of benzene rings is 1. The molecule has 3 N–H and O–H groups in total. The number of nitrogens with zero attached hydrogens (tertiary/aromatic N) is 1. The summed E-state index contributed by atoms with van der Waals surface area (Å²) in [5, 5.41) is 2.60. The van der Waals surface area contributed by atoms with E-state index in [4.69, 9.17) is 5.73 Å². The van der Waals surface area contributed by atoms with Crippen LogP contribution in [0.4, 0.5) is 5.69 Å². The number of sulfonamides is 1. The van der Waals surface area contributed by atoms with Gasteiger partial charge in [-0.05, 0) is 25.0 Å². The van der Waals surface area contributed by atoms with Gasteiger partial charge in [0.1, 0.15) is 0 Å². The van der Waals surface area contributed by atoms with E-state index in [1.807, 2.05) is 0 Å². The summed E-state index contributed by atoms with van der Waals surface area (Å²) in [5.41, 5.74) is 6.20. The number of hydrogen-bond acceptors (Lipinski definition) is 4. The summed E-state index contributed by atoms with van der Waals surface area (Å²) in [6.07, 6.45) is 0.524. The first-order valence-electron chi connectivity index (χ1n) is 6.82. The molecule has 1 aromatic rings. The third-order valence-corrected chi connectivity index (χ3v) is 5.77. The molecule has 1 amide bonds. The van der Waals surface area contributed by atoms with Crippen LogP contribution in [0.3, 0.4) is 0 Å². The standard InChI is InChI=1S/C14H21N3O3S/c1-14(13(18)16-2)7-8-17(10-14)21(19,20)9-11-5-3-4-6-12(11)15/h3-6H,7-10,15H2,1-2H3,(H,16,18). The Morgan fingerprint density at radius 2 is 2.10 bits per heavy atom. The number of amides is 1. The Hall–Kier alpha value is -1.60. The van der Waals surface area contributed by atoms with Crippen LogP contribution in [0.5, 0.6) is 0 Å². The number of para-hydroxylation sites is 1. The van der Waals surface area contributed by atoms with E-state index in [0.717, 1.165) is 0 Å². The van der Waals surface area contributed by atoms with Crippen LogP contribution in [0.15, 0.2) is 24.3 Å². The van der Waals surface area contributed by atoms with Crippen LogP contribution in [0.1, 0.15) is 18.9 Å². The molecule has 1 fully saturated rings. The van der Waals surface area contributed by atoms with Crippen LogP contribution in [0.2, 0.25) is 0 Å².